The largest absolute Gasteiger partial charge is 0.506 e. The lowest BCUT2D eigenvalue weighted by Gasteiger charge is -2.13. The second-order valence-corrected chi connectivity index (χ2v) is 3.48. The van der Waals surface area contributed by atoms with E-state index in [4.69, 9.17) is 17.3 Å². The quantitative estimate of drug-likeness (QED) is 0.649. The summed E-state index contributed by atoms with van der Waals surface area (Å²) >= 11 is 5.94. The average Bonchev–Trinajstić information content (AvgIpc) is 2.57. The van der Waals surface area contributed by atoms with Crippen LogP contribution in [0.3, 0.4) is 0 Å². The Morgan fingerprint density at radius 3 is 3.00 bits per heavy atom. The number of phenols is 1. The minimum Gasteiger partial charge on any atom is -0.506 e. The van der Waals surface area contributed by atoms with Gasteiger partial charge in [-0.15, -0.1) is 0 Å². The molecule has 1 aromatic carbocycles. The van der Waals surface area contributed by atoms with Gasteiger partial charge in [-0.1, -0.05) is 23.7 Å². The molecule has 0 amide bonds. The van der Waals surface area contributed by atoms with Gasteiger partial charge in [-0.2, -0.15) is 0 Å². The zero-order chi connectivity index (χ0) is 10.1. The van der Waals surface area contributed by atoms with Crippen molar-refractivity contribution in [1.82, 2.24) is 5.32 Å². The molecular formula is C9H10ClN3O. The molecule has 0 aromatic heterocycles. The van der Waals surface area contributed by atoms with E-state index >= 15 is 0 Å². The van der Waals surface area contributed by atoms with Gasteiger partial charge >= 0.3 is 0 Å². The van der Waals surface area contributed by atoms with E-state index < -0.39 is 0 Å². The molecule has 2 rings (SSSR count). The number of rotatable bonds is 1. The molecule has 0 bridgehead atoms. The molecule has 0 saturated heterocycles. The fourth-order valence-electron chi connectivity index (χ4n) is 1.44. The zero-order valence-corrected chi connectivity index (χ0v) is 8.12. The van der Waals surface area contributed by atoms with Crippen molar-refractivity contribution in [2.45, 2.75) is 6.04 Å². The number of guanidine groups is 1. The third-order valence-electron chi connectivity index (χ3n) is 2.15. The van der Waals surface area contributed by atoms with Gasteiger partial charge in [0.15, 0.2) is 5.96 Å². The molecule has 1 heterocycles. The Morgan fingerprint density at radius 1 is 1.57 bits per heavy atom. The van der Waals surface area contributed by atoms with E-state index in [0.717, 1.165) is 5.56 Å². The Hall–Kier alpha value is -1.42. The van der Waals surface area contributed by atoms with Crippen LogP contribution in [0.25, 0.3) is 0 Å². The number of nitrogens with one attached hydrogen (secondary N) is 1. The highest BCUT2D eigenvalue weighted by Gasteiger charge is 2.20. The summed E-state index contributed by atoms with van der Waals surface area (Å²) in [7, 11) is 0. The number of hydrogen-bond acceptors (Lipinski definition) is 4. The lowest BCUT2D eigenvalue weighted by Crippen LogP contribution is -2.29. The van der Waals surface area contributed by atoms with E-state index in [-0.39, 0.29) is 11.8 Å². The minimum atomic E-state index is -0.0328. The van der Waals surface area contributed by atoms with Crippen molar-refractivity contribution in [3.63, 3.8) is 0 Å². The van der Waals surface area contributed by atoms with Gasteiger partial charge in [0.05, 0.1) is 17.6 Å². The first-order chi connectivity index (χ1) is 6.68. The minimum absolute atomic E-state index is 0.0328. The Balaban J connectivity index is 2.30. The molecule has 4 N–H and O–H groups in total. The summed E-state index contributed by atoms with van der Waals surface area (Å²) in [5.41, 5.74) is 6.30. The highest BCUT2D eigenvalue weighted by molar-refractivity contribution is 6.32. The molecule has 1 aliphatic rings. The standard InChI is InChI=1S/C9H10ClN3O/c10-8-5(2-1-3-7(8)14)6-4-12-9(11)13-6/h1-3,6,14H,4H2,(H3,11,12,13). The Morgan fingerprint density at radius 2 is 2.36 bits per heavy atom. The zero-order valence-electron chi connectivity index (χ0n) is 7.37. The first-order valence-electron chi connectivity index (χ1n) is 4.22. The molecule has 0 fully saturated rings. The van der Waals surface area contributed by atoms with Crippen molar-refractivity contribution >= 4 is 17.6 Å². The van der Waals surface area contributed by atoms with E-state index in [9.17, 15) is 5.11 Å². The Kier molecular flexibility index (Phi) is 2.21. The maximum atomic E-state index is 9.40. The summed E-state index contributed by atoms with van der Waals surface area (Å²) in [6.45, 7) is 0.551. The van der Waals surface area contributed by atoms with Gasteiger partial charge in [0.2, 0.25) is 0 Å². The van der Waals surface area contributed by atoms with Crippen LogP contribution in [0.15, 0.2) is 23.2 Å². The second kappa shape index (κ2) is 3.38. The van der Waals surface area contributed by atoms with Crippen LogP contribution < -0.4 is 11.1 Å². The molecule has 1 atom stereocenters. The second-order valence-electron chi connectivity index (χ2n) is 3.10. The number of aromatic hydroxyl groups is 1. The van der Waals surface area contributed by atoms with Crippen LogP contribution >= 0.6 is 11.6 Å². The van der Waals surface area contributed by atoms with Crippen molar-refractivity contribution in [3.05, 3.63) is 28.8 Å². The molecular weight excluding hydrogens is 202 g/mol. The maximum absolute atomic E-state index is 9.40. The van der Waals surface area contributed by atoms with Gasteiger partial charge in [-0.3, -0.25) is 4.99 Å². The number of aliphatic imine (C=N–C) groups is 1. The highest BCUT2D eigenvalue weighted by atomic mass is 35.5. The van der Waals surface area contributed by atoms with Crippen LogP contribution in [0.2, 0.25) is 5.02 Å². The number of hydrogen-bond donors (Lipinski definition) is 3. The summed E-state index contributed by atoms with van der Waals surface area (Å²) in [5, 5.41) is 12.7. The lowest BCUT2D eigenvalue weighted by molar-refractivity contribution is 0.474. The molecule has 5 heteroatoms. The Bertz CT molecular complexity index is 392. The summed E-state index contributed by atoms with van der Waals surface area (Å²) in [4.78, 5) is 4.01. The topological polar surface area (TPSA) is 70.6 Å². The Labute approximate surface area is 86.4 Å². The lowest BCUT2D eigenvalue weighted by atomic mass is 10.1. The molecule has 1 aliphatic heterocycles. The first kappa shape index (κ1) is 9.15. The molecule has 0 spiro atoms. The third kappa shape index (κ3) is 1.48. The fourth-order valence-corrected chi connectivity index (χ4v) is 1.70. The smallest absolute Gasteiger partial charge is 0.189 e. The number of benzene rings is 1. The van der Waals surface area contributed by atoms with Crippen LogP contribution in [0.5, 0.6) is 5.75 Å². The van der Waals surface area contributed by atoms with Crippen molar-refractivity contribution in [2.75, 3.05) is 6.54 Å². The predicted molar refractivity (Wildman–Crippen MR) is 55.5 cm³/mol. The molecule has 0 saturated carbocycles. The summed E-state index contributed by atoms with van der Waals surface area (Å²) in [6.07, 6.45) is 0. The molecule has 14 heavy (non-hydrogen) atoms. The number of nitrogens with zero attached hydrogens (tertiary/aromatic N) is 1. The summed E-state index contributed by atoms with van der Waals surface area (Å²) in [6, 6.07) is 5.10. The average molecular weight is 212 g/mol. The highest BCUT2D eigenvalue weighted by Crippen LogP contribution is 2.31. The van der Waals surface area contributed by atoms with Crippen LogP contribution in [-0.4, -0.2) is 17.6 Å². The molecule has 1 aromatic rings. The van der Waals surface area contributed by atoms with Crippen LogP contribution in [0.4, 0.5) is 0 Å². The van der Waals surface area contributed by atoms with Crippen LogP contribution in [-0.2, 0) is 0 Å². The molecule has 0 aliphatic carbocycles. The molecule has 4 nitrogen and oxygen atoms in total. The monoisotopic (exact) mass is 211 g/mol. The van der Waals surface area contributed by atoms with E-state index in [2.05, 4.69) is 10.3 Å². The van der Waals surface area contributed by atoms with E-state index in [1.54, 1.807) is 12.1 Å². The summed E-state index contributed by atoms with van der Waals surface area (Å²) < 4.78 is 0. The van der Waals surface area contributed by atoms with Gasteiger partial charge in [0.25, 0.3) is 0 Å². The van der Waals surface area contributed by atoms with Crippen LogP contribution in [0, 0.1) is 0 Å². The predicted octanol–water partition coefficient (Wildman–Crippen LogP) is 1.00. The third-order valence-corrected chi connectivity index (χ3v) is 2.56. The fraction of sp³-hybridized carbons (Fsp3) is 0.222. The van der Waals surface area contributed by atoms with E-state index in [1.807, 2.05) is 6.07 Å². The van der Waals surface area contributed by atoms with Crippen molar-refractivity contribution in [2.24, 2.45) is 10.7 Å². The van der Waals surface area contributed by atoms with Crippen molar-refractivity contribution in [3.8, 4) is 5.75 Å². The number of halogens is 1. The van der Waals surface area contributed by atoms with Crippen molar-refractivity contribution < 1.29 is 5.11 Å². The van der Waals surface area contributed by atoms with Gasteiger partial charge in [0, 0.05) is 0 Å². The summed E-state index contributed by atoms with van der Waals surface area (Å²) in [5.74, 6) is 0.492. The van der Waals surface area contributed by atoms with Gasteiger partial charge in [0.1, 0.15) is 5.75 Å². The normalized spacial score (nSPS) is 20.4. The molecule has 74 valence electrons. The van der Waals surface area contributed by atoms with Gasteiger partial charge < -0.3 is 16.2 Å². The van der Waals surface area contributed by atoms with Gasteiger partial charge in [-0.05, 0) is 11.6 Å². The number of nitrogens with two attached hydrogens (primary N) is 1. The van der Waals surface area contributed by atoms with E-state index in [0.29, 0.717) is 17.5 Å². The van der Waals surface area contributed by atoms with Crippen molar-refractivity contribution in [1.29, 1.82) is 0 Å². The SMILES string of the molecule is NC1=NCC(c2cccc(O)c2Cl)N1. The van der Waals surface area contributed by atoms with Crippen LogP contribution in [0.1, 0.15) is 11.6 Å². The van der Waals surface area contributed by atoms with E-state index in [1.165, 1.54) is 0 Å². The molecule has 0 radical (unpaired) electrons. The number of phenolic OH excluding ortho intramolecular Hbond substituents is 1. The molecule has 1 unspecified atom stereocenters. The maximum Gasteiger partial charge on any atom is 0.189 e. The van der Waals surface area contributed by atoms with Gasteiger partial charge in [-0.25, -0.2) is 0 Å². The first-order valence-corrected chi connectivity index (χ1v) is 4.60.